The average molecular weight is 417 g/mol. The van der Waals surface area contributed by atoms with Gasteiger partial charge in [-0.2, -0.15) is 0 Å². The maximum absolute atomic E-state index is 5.91. The molecule has 1 atom stereocenters. The van der Waals surface area contributed by atoms with Gasteiger partial charge in [-0.25, -0.2) is 0 Å². The van der Waals surface area contributed by atoms with Crippen molar-refractivity contribution in [3.05, 3.63) is 0 Å². The molecule has 26 heavy (non-hydrogen) atoms. The van der Waals surface area contributed by atoms with Crippen LogP contribution in [0.2, 0.25) is 0 Å². The molecule has 1 saturated heterocycles. The van der Waals surface area contributed by atoms with Crippen molar-refractivity contribution < 1.29 is 28.4 Å². The van der Waals surface area contributed by atoms with E-state index in [1.165, 1.54) is 0 Å². The zero-order valence-corrected chi connectivity index (χ0v) is 17.2. The Labute approximate surface area is 167 Å². The Morgan fingerprint density at radius 2 is 1.12 bits per heavy atom. The molecule has 0 bridgehead atoms. The summed E-state index contributed by atoms with van der Waals surface area (Å²) in [6.07, 6.45) is 5.04. The van der Waals surface area contributed by atoms with E-state index in [-0.39, 0.29) is 10.9 Å². The summed E-state index contributed by atoms with van der Waals surface area (Å²) in [6.45, 7) is 6.18. The molecule has 1 fully saturated rings. The van der Waals surface area contributed by atoms with Crippen LogP contribution in [0.1, 0.15) is 32.1 Å². The van der Waals surface area contributed by atoms with Gasteiger partial charge in [-0.1, -0.05) is 19.3 Å². The molecular formula is C18H34Cl2O6. The third kappa shape index (κ3) is 16.5. The van der Waals surface area contributed by atoms with E-state index in [4.69, 9.17) is 51.6 Å². The zero-order valence-electron chi connectivity index (χ0n) is 15.7. The van der Waals surface area contributed by atoms with Crippen LogP contribution in [-0.4, -0.2) is 83.6 Å². The normalized spacial score (nSPS) is 23.4. The molecule has 156 valence electrons. The third-order valence-corrected chi connectivity index (χ3v) is 4.26. The minimum absolute atomic E-state index is 0.0693. The lowest BCUT2D eigenvalue weighted by atomic mass is 10.1. The lowest BCUT2D eigenvalue weighted by Crippen LogP contribution is -2.24. The van der Waals surface area contributed by atoms with Crippen LogP contribution in [0.3, 0.4) is 0 Å². The smallest absolute Gasteiger partial charge is 0.107 e. The second-order valence-electron chi connectivity index (χ2n) is 6.05. The van der Waals surface area contributed by atoms with Crippen LogP contribution >= 0.6 is 23.2 Å². The summed E-state index contributed by atoms with van der Waals surface area (Å²) in [5, 5.41) is 0. The van der Waals surface area contributed by atoms with Crippen LogP contribution in [0, 0.1) is 0 Å². The highest BCUT2D eigenvalue weighted by atomic mass is 35.5. The largest absolute Gasteiger partial charge is 0.377 e. The summed E-state index contributed by atoms with van der Waals surface area (Å²) < 4.78 is 33.4. The fourth-order valence-electron chi connectivity index (χ4n) is 2.43. The van der Waals surface area contributed by atoms with Gasteiger partial charge in [-0.05, 0) is 12.8 Å². The van der Waals surface area contributed by atoms with Gasteiger partial charge in [0.05, 0.1) is 78.8 Å². The van der Waals surface area contributed by atoms with Crippen molar-refractivity contribution in [1.82, 2.24) is 0 Å². The molecule has 0 saturated carbocycles. The quantitative estimate of drug-likeness (QED) is 0.489. The molecule has 0 aliphatic carbocycles. The summed E-state index contributed by atoms with van der Waals surface area (Å²) in [5.41, 5.74) is 0. The lowest BCUT2D eigenvalue weighted by molar-refractivity contribution is -0.0628. The number of halogens is 2. The number of ether oxygens (including phenoxy) is 6. The third-order valence-electron chi connectivity index (χ3n) is 3.82. The molecule has 0 aromatic rings. The zero-order chi connectivity index (χ0) is 18.7. The Balaban J connectivity index is 2.21. The van der Waals surface area contributed by atoms with E-state index in [1.54, 1.807) is 0 Å². The fourth-order valence-corrected chi connectivity index (χ4v) is 2.74. The van der Waals surface area contributed by atoms with Crippen molar-refractivity contribution in [2.45, 2.75) is 43.0 Å². The first-order valence-corrected chi connectivity index (χ1v) is 10.4. The average Bonchev–Trinajstić information content (AvgIpc) is 2.62. The van der Waals surface area contributed by atoms with Gasteiger partial charge in [0.25, 0.3) is 0 Å². The maximum atomic E-state index is 5.91. The van der Waals surface area contributed by atoms with Gasteiger partial charge in [0, 0.05) is 0 Å². The maximum Gasteiger partial charge on any atom is 0.107 e. The Morgan fingerprint density at radius 3 is 1.65 bits per heavy atom. The van der Waals surface area contributed by atoms with Crippen molar-refractivity contribution in [2.75, 3.05) is 72.7 Å². The summed E-state index contributed by atoms with van der Waals surface area (Å²) in [6, 6.07) is 0. The van der Waals surface area contributed by atoms with E-state index >= 15 is 0 Å². The van der Waals surface area contributed by atoms with E-state index in [1.807, 2.05) is 0 Å². The first kappa shape index (κ1) is 24.4. The predicted molar refractivity (Wildman–Crippen MR) is 102 cm³/mol. The molecule has 1 rings (SSSR count). The minimum Gasteiger partial charge on any atom is -0.377 e. The Kier molecular flexibility index (Phi) is 17.5. The molecule has 1 heterocycles. The van der Waals surface area contributed by atoms with Gasteiger partial charge >= 0.3 is 0 Å². The number of alkyl halides is 2. The van der Waals surface area contributed by atoms with Gasteiger partial charge in [0.1, 0.15) is 4.84 Å². The minimum atomic E-state index is -0.266. The highest BCUT2D eigenvalue weighted by Gasteiger charge is 2.10. The van der Waals surface area contributed by atoms with E-state index in [0.29, 0.717) is 72.7 Å². The highest BCUT2D eigenvalue weighted by molar-refractivity contribution is 6.44. The second-order valence-corrected chi connectivity index (χ2v) is 7.32. The van der Waals surface area contributed by atoms with Crippen molar-refractivity contribution in [3.63, 3.8) is 0 Å². The number of unbranched alkanes of at least 4 members (excludes halogenated alkanes) is 2. The van der Waals surface area contributed by atoms with Crippen molar-refractivity contribution in [3.8, 4) is 0 Å². The molecule has 0 radical (unpaired) electrons. The van der Waals surface area contributed by atoms with Gasteiger partial charge in [0.15, 0.2) is 0 Å². The second kappa shape index (κ2) is 18.7. The Hall–Kier alpha value is 0.340. The molecule has 0 aromatic heterocycles. The van der Waals surface area contributed by atoms with Gasteiger partial charge in [0.2, 0.25) is 0 Å². The summed E-state index contributed by atoms with van der Waals surface area (Å²) in [5.74, 6) is 0. The fraction of sp³-hybridized carbons (Fsp3) is 1.00. The van der Waals surface area contributed by atoms with E-state index in [2.05, 4.69) is 0 Å². The first-order valence-electron chi connectivity index (χ1n) is 9.57. The monoisotopic (exact) mass is 416 g/mol. The topological polar surface area (TPSA) is 55.4 Å². The summed E-state index contributed by atoms with van der Waals surface area (Å²) in [4.78, 5) is -0.266. The van der Waals surface area contributed by atoms with E-state index in [9.17, 15) is 0 Å². The number of hydrogen-bond donors (Lipinski definition) is 0. The van der Waals surface area contributed by atoms with Gasteiger partial charge in [-0.15, -0.1) is 23.2 Å². The van der Waals surface area contributed by atoms with Crippen LogP contribution < -0.4 is 0 Å². The van der Waals surface area contributed by atoms with Crippen LogP contribution in [0.4, 0.5) is 0 Å². The van der Waals surface area contributed by atoms with Crippen LogP contribution in [0.25, 0.3) is 0 Å². The standard InChI is InChI=1S/C18H34Cl2O6/c19-18(20)5-3-1-2-4-17-16-25-13-12-23-9-8-21-6-7-22-10-11-24-14-15-26-17/h17-18H,1-16H2. The molecule has 8 heteroatoms. The van der Waals surface area contributed by atoms with E-state index in [0.717, 1.165) is 32.1 Å². The highest BCUT2D eigenvalue weighted by Crippen LogP contribution is 2.14. The molecule has 0 spiro atoms. The van der Waals surface area contributed by atoms with Crippen LogP contribution in [0.15, 0.2) is 0 Å². The van der Waals surface area contributed by atoms with Crippen LogP contribution in [0.5, 0.6) is 0 Å². The molecule has 0 N–H and O–H groups in total. The molecule has 1 aliphatic rings. The van der Waals surface area contributed by atoms with Crippen molar-refractivity contribution in [1.29, 1.82) is 0 Å². The molecule has 0 aromatic carbocycles. The molecule has 1 unspecified atom stereocenters. The Morgan fingerprint density at radius 1 is 0.615 bits per heavy atom. The molecule has 1 aliphatic heterocycles. The first-order chi connectivity index (χ1) is 12.8. The molecule has 6 nitrogen and oxygen atoms in total. The molecular weight excluding hydrogens is 383 g/mol. The number of rotatable bonds is 6. The molecule has 0 amide bonds. The lowest BCUT2D eigenvalue weighted by Gasteiger charge is -2.18. The van der Waals surface area contributed by atoms with Gasteiger partial charge < -0.3 is 28.4 Å². The van der Waals surface area contributed by atoms with Crippen molar-refractivity contribution in [2.24, 2.45) is 0 Å². The van der Waals surface area contributed by atoms with E-state index < -0.39 is 0 Å². The SMILES string of the molecule is ClC(Cl)CCCCCC1COCCOCCOCCOCCOCCO1. The van der Waals surface area contributed by atoms with Crippen LogP contribution in [-0.2, 0) is 28.4 Å². The predicted octanol–water partition coefficient (Wildman–Crippen LogP) is 3.22. The summed E-state index contributed by atoms with van der Waals surface area (Å²) >= 11 is 11.5. The Bertz CT molecular complexity index is 279. The van der Waals surface area contributed by atoms with Gasteiger partial charge in [-0.3, -0.25) is 0 Å². The summed E-state index contributed by atoms with van der Waals surface area (Å²) in [7, 11) is 0. The van der Waals surface area contributed by atoms with Crippen molar-refractivity contribution >= 4 is 23.2 Å². The number of hydrogen-bond acceptors (Lipinski definition) is 6.